The van der Waals surface area contributed by atoms with E-state index in [1.807, 2.05) is 44.2 Å². The largest absolute Gasteiger partial charge is 0.494 e. The molecule has 1 aromatic heterocycles. The van der Waals surface area contributed by atoms with Crippen molar-refractivity contribution in [2.75, 3.05) is 6.61 Å². The number of Topliss-reactive ketones (excluding diaryl/α,β-unsaturated/α-hetero) is 1. The molecule has 0 aliphatic rings. The molecule has 0 aliphatic heterocycles. The van der Waals surface area contributed by atoms with Gasteiger partial charge in [0.05, 0.1) is 23.7 Å². The molecule has 0 saturated carbocycles. The summed E-state index contributed by atoms with van der Waals surface area (Å²) in [6, 6.07) is 16.3. The molecule has 3 aromatic rings. The van der Waals surface area contributed by atoms with Crippen molar-refractivity contribution < 1.29 is 19.1 Å². The average Bonchev–Trinajstić information content (AvgIpc) is 3.03. The number of ether oxygens (including phenoxy) is 2. The number of aryl methyl sites for hydroxylation is 1. The van der Waals surface area contributed by atoms with Gasteiger partial charge in [0.15, 0.2) is 6.10 Å². The highest BCUT2D eigenvalue weighted by Crippen LogP contribution is 2.20. The number of aromatic nitrogens is 2. The Morgan fingerprint density at radius 3 is 2.31 bits per heavy atom. The van der Waals surface area contributed by atoms with Crippen LogP contribution in [-0.2, 0) is 4.74 Å². The van der Waals surface area contributed by atoms with Gasteiger partial charge >= 0.3 is 5.97 Å². The van der Waals surface area contributed by atoms with Crippen molar-refractivity contribution in [2.45, 2.75) is 33.8 Å². The van der Waals surface area contributed by atoms with E-state index in [0.717, 1.165) is 5.69 Å². The van der Waals surface area contributed by atoms with E-state index in [1.165, 1.54) is 0 Å². The third-order valence-electron chi connectivity index (χ3n) is 4.60. The molecule has 0 amide bonds. The first-order valence-corrected chi connectivity index (χ1v) is 9.52. The number of esters is 1. The summed E-state index contributed by atoms with van der Waals surface area (Å²) in [5.74, 6) is -0.144. The summed E-state index contributed by atoms with van der Waals surface area (Å²) >= 11 is 0. The Labute approximate surface area is 170 Å². The van der Waals surface area contributed by atoms with Gasteiger partial charge in [0, 0.05) is 5.56 Å². The lowest BCUT2D eigenvalue weighted by molar-refractivity contribution is 0.0317. The van der Waals surface area contributed by atoms with Gasteiger partial charge in [0.1, 0.15) is 11.3 Å². The van der Waals surface area contributed by atoms with Crippen LogP contribution in [0.5, 0.6) is 5.75 Å². The average molecular weight is 392 g/mol. The minimum atomic E-state index is -0.917. The van der Waals surface area contributed by atoms with E-state index in [9.17, 15) is 9.59 Å². The van der Waals surface area contributed by atoms with Crippen LogP contribution in [0.2, 0.25) is 0 Å². The first-order chi connectivity index (χ1) is 13.9. The lowest BCUT2D eigenvalue weighted by atomic mass is 10.1. The number of nitrogens with zero attached hydrogens (tertiary/aromatic N) is 2. The van der Waals surface area contributed by atoms with Gasteiger partial charge in [-0.3, -0.25) is 4.79 Å². The van der Waals surface area contributed by atoms with Crippen LogP contribution in [0.3, 0.4) is 0 Å². The molecule has 6 heteroatoms. The predicted octanol–water partition coefficient (Wildman–Crippen LogP) is 4.32. The van der Waals surface area contributed by atoms with Crippen molar-refractivity contribution >= 4 is 11.8 Å². The fraction of sp³-hybridized carbons (Fsp3) is 0.261. The molecule has 29 heavy (non-hydrogen) atoms. The van der Waals surface area contributed by atoms with Crippen LogP contribution < -0.4 is 4.74 Å². The van der Waals surface area contributed by atoms with Crippen LogP contribution in [0.25, 0.3) is 5.69 Å². The molecule has 0 bridgehead atoms. The Morgan fingerprint density at radius 1 is 1.03 bits per heavy atom. The Hall–Kier alpha value is -3.41. The second kappa shape index (κ2) is 8.73. The number of hydrogen-bond acceptors (Lipinski definition) is 5. The molecule has 0 spiro atoms. The fourth-order valence-corrected chi connectivity index (χ4v) is 3.15. The number of rotatable bonds is 7. The number of hydrogen-bond donors (Lipinski definition) is 0. The van der Waals surface area contributed by atoms with E-state index >= 15 is 0 Å². The number of para-hydroxylation sites is 1. The molecular formula is C23H24N2O4. The van der Waals surface area contributed by atoms with E-state index in [2.05, 4.69) is 5.10 Å². The molecule has 1 heterocycles. The minimum Gasteiger partial charge on any atom is -0.494 e. The van der Waals surface area contributed by atoms with Gasteiger partial charge in [-0.05, 0) is 64.1 Å². The van der Waals surface area contributed by atoms with E-state index in [-0.39, 0.29) is 5.78 Å². The summed E-state index contributed by atoms with van der Waals surface area (Å²) in [5.41, 5.74) is 2.91. The van der Waals surface area contributed by atoms with Crippen molar-refractivity contribution in [3.63, 3.8) is 0 Å². The van der Waals surface area contributed by atoms with E-state index < -0.39 is 12.1 Å². The van der Waals surface area contributed by atoms with Crippen molar-refractivity contribution in [3.05, 3.63) is 77.1 Å². The smallest absolute Gasteiger partial charge is 0.342 e. The summed E-state index contributed by atoms with van der Waals surface area (Å²) in [6.07, 6.45) is -0.917. The van der Waals surface area contributed by atoms with Crippen molar-refractivity contribution in [1.29, 1.82) is 0 Å². The molecule has 0 aliphatic carbocycles. The zero-order valence-corrected chi connectivity index (χ0v) is 17.0. The molecule has 0 unspecified atom stereocenters. The SMILES string of the molecule is CCOc1ccc(C(=O)[C@@H](C)OC(=O)c2c(C)nn(-c3ccccc3)c2C)cc1. The molecule has 0 N–H and O–H groups in total. The van der Waals surface area contributed by atoms with Crippen LogP contribution in [0.1, 0.15) is 46.0 Å². The molecule has 0 radical (unpaired) electrons. The highest BCUT2D eigenvalue weighted by molar-refractivity contribution is 6.01. The summed E-state index contributed by atoms with van der Waals surface area (Å²) in [6.45, 7) is 7.58. The maximum Gasteiger partial charge on any atom is 0.342 e. The zero-order chi connectivity index (χ0) is 21.0. The van der Waals surface area contributed by atoms with Crippen LogP contribution in [0.4, 0.5) is 0 Å². The summed E-state index contributed by atoms with van der Waals surface area (Å²) in [4.78, 5) is 25.4. The molecule has 3 rings (SSSR count). The second-order valence-corrected chi connectivity index (χ2v) is 6.66. The first kappa shape index (κ1) is 20.3. The molecule has 150 valence electrons. The Bertz CT molecular complexity index is 1010. The first-order valence-electron chi connectivity index (χ1n) is 9.52. The van der Waals surface area contributed by atoms with Crippen LogP contribution >= 0.6 is 0 Å². The van der Waals surface area contributed by atoms with Gasteiger partial charge in [0.2, 0.25) is 5.78 Å². The Balaban J connectivity index is 1.76. The number of ketones is 1. The highest BCUT2D eigenvalue weighted by Gasteiger charge is 2.25. The Kier molecular flexibility index (Phi) is 6.12. The normalized spacial score (nSPS) is 11.7. The van der Waals surface area contributed by atoms with Gasteiger partial charge in [-0.15, -0.1) is 0 Å². The van der Waals surface area contributed by atoms with E-state index in [0.29, 0.717) is 34.9 Å². The van der Waals surface area contributed by atoms with Crippen molar-refractivity contribution in [2.24, 2.45) is 0 Å². The molecule has 0 saturated heterocycles. The van der Waals surface area contributed by atoms with Crippen LogP contribution in [0, 0.1) is 13.8 Å². The van der Waals surface area contributed by atoms with E-state index in [4.69, 9.17) is 9.47 Å². The number of benzene rings is 2. The van der Waals surface area contributed by atoms with Crippen LogP contribution in [0.15, 0.2) is 54.6 Å². The number of carbonyl (C=O) groups is 2. The maximum atomic E-state index is 12.8. The highest BCUT2D eigenvalue weighted by atomic mass is 16.5. The second-order valence-electron chi connectivity index (χ2n) is 6.66. The zero-order valence-electron chi connectivity index (χ0n) is 17.0. The third kappa shape index (κ3) is 4.37. The predicted molar refractivity (Wildman–Crippen MR) is 110 cm³/mol. The van der Waals surface area contributed by atoms with Gasteiger partial charge in [-0.2, -0.15) is 5.10 Å². The van der Waals surface area contributed by atoms with Crippen molar-refractivity contribution in [3.8, 4) is 11.4 Å². The monoisotopic (exact) mass is 392 g/mol. The summed E-state index contributed by atoms with van der Waals surface area (Å²) in [5, 5.41) is 4.46. The van der Waals surface area contributed by atoms with Gasteiger partial charge in [0.25, 0.3) is 0 Å². The topological polar surface area (TPSA) is 70.4 Å². The lowest BCUT2D eigenvalue weighted by Gasteiger charge is -2.13. The van der Waals surface area contributed by atoms with Gasteiger partial charge in [-0.25, -0.2) is 9.48 Å². The van der Waals surface area contributed by atoms with Crippen molar-refractivity contribution in [1.82, 2.24) is 9.78 Å². The summed E-state index contributed by atoms with van der Waals surface area (Å²) in [7, 11) is 0. The molecule has 2 aromatic carbocycles. The molecule has 6 nitrogen and oxygen atoms in total. The minimum absolute atomic E-state index is 0.271. The Morgan fingerprint density at radius 2 is 1.69 bits per heavy atom. The summed E-state index contributed by atoms with van der Waals surface area (Å²) < 4.78 is 12.6. The van der Waals surface area contributed by atoms with E-state index in [1.54, 1.807) is 42.8 Å². The van der Waals surface area contributed by atoms with Gasteiger partial charge in [-0.1, -0.05) is 18.2 Å². The third-order valence-corrected chi connectivity index (χ3v) is 4.60. The van der Waals surface area contributed by atoms with Gasteiger partial charge < -0.3 is 9.47 Å². The number of carbonyl (C=O) groups excluding carboxylic acids is 2. The molecule has 1 atom stereocenters. The maximum absolute atomic E-state index is 12.8. The fourth-order valence-electron chi connectivity index (χ4n) is 3.15. The lowest BCUT2D eigenvalue weighted by Crippen LogP contribution is -2.25. The standard InChI is InChI=1S/C23H24N2O4/c1-5-28-20-13-11-18(12-14-20)22(26)17(4)29-23(27)21-15(2)24-25(16(21)3)19-9-7-6-8-10-19/h6-14,17H,5H2,1-4H3/t17-/m1/s1. The van der Waals surface area contributed by atoms with Crippen LogP contribution in [-0.4, -0.2) is 34.2 Å². The molecule has 0 fully saturated rings. The molecular weight excluding hydrogens is 368 g/mol. The quantitative estimate of drug-likeness (QED) is 0.442.